The van der Waals surface area contributed by atoms with Crippen LogP contribution >= 0.6 is 11.6 Å². The van der Waals surface area contributed by atoms with E-state index in [9.17, 15) is 14.9 Å². The average molecular weight is 335 g/mol. The Morgan fingerprint density at radius 3 is 2.61 bits per heavy atom. The van der Waals surface area contributed by atoms with Crippen molar-refractivity contribution in [1.29, 1.82) is 0 Å². The predicted octanol–water partition coefficient (Wildman–Crippen LogP) is 3.96. The van der Waals surface area contributed by atoms with Crippen LogP contribution in [-0.2, 0) is 4.79 Å². The van der Waals surface area contributed by atoms with E-state index >= 15 is 0 Å². The Kier molecular flexibility index (Phi) is 5.54. The van der Waals surface area contributed by atoms with Gasteiger partial charge in [-0.15, -0.1) is 0 Å². The fraction of sp³-hybridized carbons (Fsp3) is 0.188. The summed E-state index contributed by atoms with van der Waals surface area (Å²) in [6.45, 7) is 2.15. The van der Waals surface area contributed by atoms with E-state index < -0.39 is 4.92 Å². The number of aryl methyl sites for hydroxylation is 1. The zero-order valence-electron chi connectivity index (χ0n) is 12.4. The van der Waals surface area contributed by atoms with Crippen molar-refractivity contribution in [3.8, 4) is 5.75 Å². The van der Waals surface area contributed by atoms with E-state index in [1.165, 1.54) is 18.2 Å². The average Bonchev–Trinajstić information content (AvgIpc) is 2.51. The summed E-state index contributed by atoms with van der Waals surface area (Å²) in [5, 5.41) is 13.7. The molecule has 0 spiro atoms. The van der Waals surface area contributed by atoms with Gasteiger partial charge in [0.05, 0.1) is 18.0 Å². The maximum Gasteiger partial charge on any atom is 0.294 e. The van der Waals surface area contributed by atoms with E-state index in [0.29, 0.717) is 5.75 Å². The van der Waals surface area contributed by atoms with Crippen LogP contribution < -0.4 is 10.1 Å². The van der Waals surface area contributed by atoms with Crippen molar-refractivity contribution in [3.05, 3.63) is 63.2 Å². The van der Waals surface area contributed by atoms with Gasteiger partial charge in [-0.3, -0.25) is 14.9 Å². The minimum Gasteiger partial charge on any atom is -0.493 e. The van der Waals surface area contributed by atoms with Crippen molar-refractivity contribution in [2.45, 2.75) is 13.3 Å². The molecule has 2 aromatic rings. The van der Waals surface area contributed by atoms with Crippen LogP contribution in [0.1, 0.15) is 12.0 Å². The lowest BCUT2D eigenvalue weighted by Crippen LogP contribution is -2.16. The molecule has 2 rings (SSSR count). The normalized spacial score (nSPS) is 10.2. The molecule has 1 N–H and O–H groups in total. The first-order valence-electron chi connectivity index (χ1n) is 6.89. The molecule has 0 saturated heterocycles. The maximum absolute atomic E-state index is 11.9. The third-order valence-corrected chi connectivity index (χ3v) is 3.28. The van der Waals surface area contributed by atoms with E-state index in [4.69, 9.17) is 16.3 Å². The van der Waals surface area contributed by atoms with E-state index in [2.05, 4.69) is 5.32 Å². The number of carbonyl (C=O) groups excluding carboxylic acids is 1. The number of halogens is 1. The topological polar surface area (TPSA) is 81.5 Å². The molecule has 0 fully saturated rings. The van der Waals surface area contributed by atoms with Gasteiger partial charge in [-0.1, -0.05) is 29.3 Å². The minimum absolute atomic E-state index is 0.0770. The first-order chi connectivity index (χ1) is 11.0. The van der Waals surface area contributed by atoms with Crippen LogP contribution in [-0.4, -0.2) is 17.4 Å². The van der Waals surface area contributed by atoms with E-state index in [0.717, 1.165) is 5.56 Å². The zero-order valence-corrected chi connectivity index (χ0v) is 13.2. The summed E-state index contributed by atoms with van der Waals surface area (Å²) in [6, 6.07) is 11.5. The lowest BCUT2D eigenvalue weighted by molar-refractivity contribution is -0.383. The SMILES string of the molecule is Cc1ccc(OCCC(=O)Nc2ccc(Cl)cc2[N+](=O)[O-])cc1. The Bertz CT molecular complexity index is 717. The molecule has 0 unspecified atom stereocenters. The highest BCUT2D eigenvalue weighted by molar-refractivity contribution is 6.31. The Morgan fingerprint density at radius 1 is 1.26 bits per heavy atom. The third-order valence-electron chi connectivity index (χ3n) is 3.05. The number of nitro benzene ring substituents is 1. The van der Waals surface area contributed by atoms with E-state index in [1.807, 2.05) is 31.2 Å². The van der Waals surface area contributed by atoms with Gasteiger partial charge in [0.15, 0.2) is 0 Å². The maximum atomic E-state index is 11.9. The van der Waals surface area contributed by atoms with Gasteiger partial charge in [0.25, 0.3) is 5.69 Å². The summed E-state index contributed by atoms with van der Waals surface area (Å²) in [4.78, 5) is 22.2. The highest BCUT2D eigenvalue weighted by Crippen LogP contribution is 2.27. The van der Waals surface area contributed by atoms with Crippen LogP contribution in [0.15, 0.2) is 42.5 Å². The molecule has 0 aliphatic rings. The van der Waals surface area contributed by atoms with Gasteiger partial charge < -0.3 is 10.1 Å². The third kappa shape index (κ3) is 4.96. The minimum atomic E-state index is -0.593. The van der Waals surface area contributed by atoms with Crippen LogP contribution in [0.25, 0.3) is 0 Å². The molecule has 0 saturated carbocycles. The molecule has 0 aromatic heterocycles. The Morgan fingerprint density at radius 2 is 1.96 bits per heavy atom. The largest absolute Gasteiger partial charge is 0.493 e. The summed E-state index contributed by atoms with van der Waals surface area (Å²) in [7, 11) is 0. The molecule has 7 heteroatoms. The zero-order chi connectivity index (χ0) is 16.8. The molecule has 2 aromatic carbocycles. The molecule has 0 aliphatic heterocycles. The Labute approximate surface area is 138 Å². The van der Waals surface area contributed by atoms with Crippen LogP contribution in [0.4, 0.5) is 11.4 Å². The number of nitro groups is 1. The number of rotatable bonds is 6. The molecule has 6 nitrogen and oxygen atoms in total. The van der Waals surface area contributed by atoms with E-state index in [1.54, 1.807) is 0 Å². The van der Waals surface area contributed by atoms with Crippen LogP contribution in [0.2, 0.25) is 5.02 Å². The molecule has 120 valence electrons. The fourth-order valence-electron chi connectivity index (χ4n) is 1.87. The van der Waals surface area contributed by atoms with Crippen molar-refractivity contribution >= 4 is 28.9 Å². The highest BCUT2D eigenvalue weighted by atomic mass is 35.5. The van der Waals surface area contributed by atoms with Gasteiger partial charge in [-0.05, 0) is 31.2 Å². The number of benzene rings is 2. The van der Waals surface area contributed by atoms with Crippen LogP contribution in [0.5, 0.6) is 5.75 Å². The molecule has 23 heavy (non-hydrogen) atoms. The monoisotopic (exact) mass is 334 g/mol. The second-order valence-electron chi connectivity index (χ2n) is 4.88. The van der Waals surface area contributed by atoms with Gasteiger partial charge in [0.2, 0.25) is 5.91 Å². The summed E-state index contributed by atoms with van der Waals surface area (Å²) in [5.74, 6) is 0.295. The van der Waals surface area contributed by atoms with Gasteiger partial charge in [-0.2, -0.15) is 0 Å². The Balaban J connectivity index is 1.90. The van der Waals surface area contributed by atoms with Gasteiger partial charge >= 0.3 is 0 Å². The first-order valence-corrected chi connectivity index (χ1v) is 7.27. The molecule has 0 atom stereocenters. The molecular formula is C16H15ClN2O4. The van der Waals surface area contributed by atoms with Crippen molar-refractivity contribution in [1.82, 2.24) is 0 Å². The summed E-state index contributed by atoms with van der Waals surface area (Å²) >= 11 is 5.72. The molecule has 0 bridgehead atoms. The fourth-order valence-corrected chi connectivity index (χ4v) is 2.04. The van der Waals surface area contributed by atoms with Gasteiger partial charge in [-0.25, -0.2) is 0 Å². The lowest BCUT2D eigenvalue weighted by Gasteiger charge is -2.08. The lowest BCUT2D eigenvalue weighted by atomic mass is 10.2. The summed E-state index contributed by atoms with van der Waals surface area (Å²) < 4.78 is 5.45. The summed E-state index contributed by atoms with van der Waals surface area (Å²) in [6.07, 6.45) is 0.0770. The highest BCUT2D eigenvalue weighted by Gasteiger charge is 2.16. The molecule has 0 heterocycles. The smallest absolute Gasteiger partial charge is 0.294 e. The standard InChI is InChI=1S/C16H15ClN2O4/c1-11-2-5-13(6-3-11)23-9-8-16(20)18-14-7-4-12(17)10-15(14)19(21)22/h2-7,10H,8-9H2,1H3,(H,18,20). The van der Waals surface area contributed by atoms with E-state index in [-0.39, 0.29) is 35.3 Å². The molecule has 1 amide bonds. The first kappa shape index (κ1) is 16.8. The van der Waals surface area contributed by atoms with Crippen molar-refractivity contribution in [3.63, 3.8) is 0 Å². The number of carbonyl (C=O) groups is 1. The number of hydrogen-bond donors (Lipinski definition) is 1. The van der Waals surface area contributed by atoms with Crippen molar-refractivity contribution in [2.24, 2.45) is 0 Å². The number of nitrogens with zero attached hydrogens (tertiary/aromatic N) is 1. The van der Waals surface area contributed by atoms with Gasteiger partial charge in [0, 0.05) is 11.1 Å². The molecule has 0 radical (unpaired) electrons. The number of ether oxygens (including phenoxy) is 1. The quantitative estimate of drug-likeness (QED) is 0.640. The van der Waals surface area contributed by atoms with Gasteiger partial charge in [0.1, 0.15) is 11.4 Å². The second-order valence-corrected chi connectivity index (χ2v) is 5.31. The number of nitrogens with one attached hydrogen (secondary N) is 1. The predicted molar refractivity (Wildman–Crippen MR) is 88.0 cm³/mol. The number of anilines is 1. The van der Waals surface area contributed by atoms with Crippen molar-refractivity contribution < 1.29 is 14.5 Å². The number of hydrogen-bond acceptors (Lipinski definition) is 4. The second kappa shape index (κ2) is 7.60. The van der Waals surface area contributed by atoms with Crippen LogP contribution in [0.3, 0.4) is 0 Å². The van der Waals surface area contributed by atoms with Crippen molar-refractivity contribution in [2.75, 3.05) is 11.9 Å². The summed E-state index contributed by atoms with van der Waals surface area (Å²) in [5.41, 5.74) is 0.982. The Hall–Kier alpha value is -2.60. The molecular weight excluding hydrogens is 320 g/mol. The molecule has 0 aliphatic carbocycles. The van der Waals surface area contributed by atoms with Crippen LogP contribution in [0, 0.1) is 17.0 Å². The number of amides is 1.